The summed E-state index contributed by atoms with van der Waals surface area (Å²) in [5.74, 6) is -0.913. The second kappa shape index (κ2) is 7.52. The highest BCUT2D eigenvalue weighted by Gasteiger charge is 2.35. The van der Waals surface area contributed by atoms with Gasteiger partial charge in [-0.15, -0.1) is 0 Å². The Labute approximate surface area is 170 Å². The summed E-state index contributed by atoms with van der Waals surface area (Å²) >= 11 is 5.87. The summed E-state index contributed by atoms with van der Waals surface area (Å²) in [6.07, 6.45) is 0. The van der Waals surface area contributed by atoms with Gasteiger partial charge in [0.2, 0.25) is 5.89 Å². The molecule has 2 amide bonds. The van der Waals surface area contributed by atoms with Crippen LogP contribution >= 0.6 is 11.6 Å². The summed E-state index contributed by atoms with van der Waals surface area (Å²) in [6.45, 7) is 1.42. The van der Waals surface area contributed by atoms with E-state index in [4.69, 9.17) is 20.8 Å². The molecule has 3 aromatic rings. The van der Waals surface area contributed by atoms with Crippen LogP contribution < -0.4 is 0 Å². The molecule has 0 spiro atoms. The highest BCUT2D eigenvalue weighted by Crippen LogP contribution is 2.24. The molecular formula is C21H15ClN2O5. The molecule has 146 valence electrons. The highest BCUT2D eigenvalue weighted by molar-refractivity contribution is 6.30. The van der Waals surface area contributed by atoms with Gasteiger partial charge in [0.05, 0.1) is 17.7 Å². The SMILES string of the molecule is Cc1oc(-c2ccc(Cl)cc2)nc1C(=O)OCCN1C(=O)c2ccccc2C1=O. The zero-order valence-corrected chi connectivity index (χ0v) is 16.1. The monoisotopic (exact) mass is 410 g/mol. The first-order valence-electron chi connectivity index (χ1n) is 8.81. The Morgan fingerprint density at radius 2 is 1.69 bits per heavy atom. The smallest absolute Gasteiger partial charge is 0.360 e. The lowest BCUT2D eigenvalue weighted by atomic mass is 10.1. The normalized spacial score (nSPS) is 13.0. The van der Waals surface area contributed by atoms with E-state index in [1.807, 2.05) is 0 Å². The highest BCUT2D eigenvalue weighted by atomic mass is 35.5. The van der Waals surface area contributed by atoms with E-state index in [0.29, 0.717) is 27.5 Å². The minimum atomic E-state index is -0.692. The molecule has 2 aromatic carbocycles. The summed E-state index contributed by atoms with van der Waals surface area (Å²) in [6, 6.07) is 13.4. The van der Waals surface area contributed by atoms with Crippen LogP contribution in [0.5, 0.6) is 0 Å². The van der Waals surface area contributed by atoms with Gasteiger partial charge in [0.1, 0.15) is 12.4 Å². The van der Waals surface area contributed by atoms with E-state index in [2.05, 4.69) is 4.98 Å². The summed E-state index contributed by atoms with van der Waals surface area (Å²) in [4.78, 5) is 42.3. The number of halogens is 1. The van der Waals surface area contributed by atoms with Gasteiger partial charge in [0.25, 0.3) is 11.8 Å². The van der Waals surface area contributed by atoms with Crippen molar-refractivity contribution in [3.63, 3.8) is 0 Å². The quantitative estimate of drug-likeness (QED) is 0.470. The van der Waals surface area contributed by atoms with Crippen molar-refractivity contribution in [1.82, 2.24) is 9.88 Å². The van der Waals surface area contributed by atoms with Crippen LogP contribution in [0.2, 0.25) is 5.02 Å². The van der Waals surface area contributed by atoms with Crippen molar-refractivity contribution in [2.75, 3.05) is 13.2 Å². The van der Waals surface area contributed by atoms with E-state index in [0.717, 1.165) is 4.90 Å². The predicted octanol–water partition coefficient (Wildman–Crippen LogP) is 3.76. The maximum Gasteiger partial charge on any atom is 0.360 e. The van der Waals surface area contributed by atoms with Crippen LogP contribution in [0.25, 0.3) is 11.5 Å². The molecule has 1 aromatic heterocycles. The number of benzene rings is 2. The minimum absolute atomic E-state index is 0.0392. The fourth-order valence-corrected chi connectivity index (χ4v) is 3.17. The number of carbonyl (C=O) groups excluding carboxylic acids is 3. The number of rotatable bonds is 5. The lowest BCUT2D eigenvalue weighted by molar-refractivity contribution is 0.0414. The molecule has 0 aliphatic carbocycles. The maximum atomic E-state index is 12.4. The summed E-state index contributed by atoms with van der Waals surface area (Å²) in [5.41, 5.74) is 1.41. The molecule has 2 heterocycles. The third-order valence-corrected chi connectivity index (χ3v) is 4.76. The fourth-order valence-electron chi connectivity index (χ4n) is 3.04. The zero-order valence-electron chi connectivity index (χ0n) is 15.3. The maximum absolute atomic E-state index is 12.4. The van der Waals surface area contributed by atoms with E-state index in [9.17, 15) is 14.4 Å². The van der Waals surface area contributed by atoms with Gasteiger partial charge in [-0.25, -0.2) is 9.78 Å². The Morgan fingerprint density at radius 3 is 2.31 bits per heavy atom. The number of imide groups is 1. The number of carbonyl (C=O) groups is 3. The molecule has 0 N–H and O–H groups in total. The van der Waals surface area contributed by atoms with Crippen molar-refractivity contribution in [3.05, 3.63) is 76.1 Å². The van der Waals surface area contributed by atoms with Gasteiger partial charge >= 0.3 is 5.97 Å². The standard InChI is InChI=1S/C21H15ClN2O5/c1-12-17(23-18(29-12)13-6-8-14(22)9-7-13)21(27)28-11-10-24-19(25)15-4-2-3-5-16(15)20(24)26/h2-9H,10-11H2,1H3. The molecule has 7 nitrogen and oxygen atoms in total. The second-order valence-corrected chi connectivity index (χ2v) is 6.81. The van der Waals surface area contributed by atoms with Crippen LogP contribution in [0.15, 0.2) is 52.9 Å². The molecule has 0 atom stereocenters. The van der Waals surface area contributed by atoms with Gasteiger partial charge in [-0.1, -0.05) is 23.7 Å². The Morgan fingerprint density at radius 1 is 1.07 bits per heavy atom. The molecule has 29 heavy (non-hydrogen) atoms. The van der Waals surface area contributed by atoms with Crippen molar-refractivity contribution in [1.29, 1.82) is 0 Å². The van der Waals surface area contributed by atoms with Crippen molar-refractivity contribution >= 4 is 29.4 Å². The number of aromatic nitrogens is 1. The van der Waals surface area contributed by atoms with Crippen molar-refractivity contribution < 1.29 is 23.5 Å². The van der Waals surface area contributed by atoms with E-state index < -0.39 is 17.8 Å². The van der Waals surface area contributed by atoms with E-state index in [1.165, 1.54) is 0 Å². The van der Waals surface area contributed by atoms with Gasteiger partial charge in [0, 0.05) is 10.6 Å². The number of fused-ring (bicyclic) bond motifs is 1. The van der Waals surface area contributed by atoms with Crippen molar-refractivity contribution in [2.24, 2.45) is 0 Å². The molecule has 8 heteroatoms. The zero-order chi connectivity index (χ0) is 20.5. The summed E-state index contributed by atoms with van der Waals surface area (Å²) in [7, 11) is 0. The predicted molar refractivity (Wildman–Crippen MR) is 104 cm³/mol. The number of nitrogens with zero attached hydrogens (tertiary/aromatic N) is 2. The van der Waals surface area contributed by atoms with Gasteiger partial charge in [-0.05, 0) is 43.3 Å². The van der Waals surface area contributed by atoms with Crippen molar-refractivity contribution in [2.45, 2.75) is 6.92 Å². The van der Waals surface area contributed by atoms with Gasteiger partial charge < -0.3 is 9.15 Å². The number of ether oxygens (including phenoxy) is 1. The Bertz CT molecular complexity index is 1090. The first kappa shape index (κ1) is 18.9. The largest absolute Gasteiger partial charge is 0.459 e. The van der Waals surface area contributed by atoms with Crippen LogP contribution in [-0.2, 0) is 4.74 Å². The number of esters is 1. The molecule has 1 aliphatic heterocycles. The van der Waals surface area contributed by atoms with Gasteiger partial charge in [0.15, 0.2) is 5.69 Å². The van der Waals surface area contributed by atoms with E-state index in [-0.39, 0.29) is 24.7 Å². The summed E-state index contributed by atoms with van der Waals surface area (Å²) < 4.78 is 10.8. The first-order chi connectivity index (χ1) is 14.0. The van der Waals surface area contributed by atoms with Gasteiger partial charge in [-0.3, -0.25) is 14.5 Å². The number of amides is 2. The minimum Gasteiger partial charge on any atom is -0.459 e. The van der Waals surface area contributed by atoms with Crippen molar-refractivity contribution in [3.8, 4) is 11.5 Å². The third kappa shape index (κ3) is 3.52. The number of aryl methyl sites for hydroxylation is 1. The average Bonchev–Trinajstić information content (AvgIpc) is 3.22. The average molecular weight is 411 g/mol. The Balaban J connectivity index is 1.40. The van der Waals surface area contributed by atoms with Crippen LogP contribution in [-0.4, -0.2) is 40.8 Å². The Hall–Kier alpha value is -3.45. The van der Waals surface area contributed by atoms with E-state index >= 15 is 0 Å². The third-order valence-electron chi connectivity index (χ3n) is 4.51. The van der Waals surface area contributed by atoms with Gasteiger partial charge in [-0.2, -0.15) is 0 Å². The first-order valence-corrected chi connectivity index (χ1v) is 9.19. The molecule has 0 radical (unpaired) electrons. The molecule has 0 unspecified atom stereocenters. The van der Waals surface area contributed by atoms with Crippen LogP contribution in [0.1, 0.15) is 37.0 Å². The lowest BCUT2D eigenvalue weighted by Crippen LogP contribution is -2.33. The number of hydrogen-bond acceptors (Lipinski definition) is 6. The fraction of sp³-hybridized carbons (Fsp3) is 0.143. The van der Waals surface area contributed by atoms with Crippen LogP contribution in [0.3, 0.4) is 0 Å². The summed E-state index contributed by atoms with van der Waals surface area (Å²) in [5, 5.41) is 0.574. The number of oxazole rings is 1. The van der Waals surface area contributed by atoms with Crippen LogP contribution in [0.4, 0.5) is 0 Å². The molecule has 1 aliphatic rings. The molecule has 0 saturated heterocycles. The van der Waals surface area contributed by atoms with Crippen LogP contribution in [0, 0.1) is 6.92 Å². The molecule has 4 rings (SSSR count). The number of hydrogen-bond donors (Lipinski definition) is 0. The molecule has 0 saturated carbocycles. The molecule has 0 fully saturated rings. The molecular weight excluding hydrogens is 396 g/mol. The topological polar surface area (TPSA) is 89.7 Å². The van der Waals surface area contributed by atoms with E-state index in [1.54, 1.807) is 55.5 Å². The second-order valence-electron chi connectivity index (χ2n) is 6.37. The molecule has 0 bridgehead atoms. The lowest BCUT2D eigenvalue weighted by Gasteiger charge is -2.13. The Kier molecular flexibility index (Phi) is 4.90.